The Morgan fingerprint density at radius 1 is 0.914 bits per heavy atom. The molecule has 1 unspecified atom stereocenters. The van der Waals surface area contributed by atoms with E-state index in [1.807, 2.05) is 45.9 Å². The average molecular weight is 476 g/mol. The van der Waals surface area contributed by atoms with E-state index in [1.54, 1.807) is 6.92 Å². The van der Waals surface area contributed by atoms with Crippen molar-refractivity contribution in [3.05, 3.63) is 69.8 Å². The number of benzene rings is 2. The smallest absolute Gasteiger partial charge is 0.251 e. The third-order valence-corrected chi connectivity index (χ3v) is 7.41. The highest BCUT2D eigenvalue weighted by Gasteiger charge is 2.34. The molecule has 0 aromatic heterocycles. The summed E-state index contributed by atoms with van der Waals surface area (Å²) in [5, 5.41) is 13.4. The SMILES string of the molecule is CCC(CC)(c1ccc(C#CC(C)(O)C(C)(C)C)c(C)c1)c1ccc(C(=O)NCC(C)=O)c(C)c1. The molecule has 2 N–H and O–H groups in total. The molecule has 0 saturated heterocycles. The summed E-state index contributed by atoms with van der Waals surface area (Å²) in [6.07, 6.45) is 1.81. The Hall–Kier alpha value is -2.90. The highest BCUT2D eigenvalue weighted by Crippen LogP contribution is 2.40. The minimum atomic E-state index is -1.09. The van der Waals surface area contributed by atoms with Crippen LogP contribution in [0.2, 0.25) is 0 Å². The predicted octanol–water partition coefficient (Wildman–Crippen LogP) is 5.88. The van der Waals surface area contributed by atoms with E-state index in [-0.39, 0.29) is 29.1 Å². The van der Waals surface area contributed by atoms with Gasteiger partial charge in [-0.3, -0.25) is 9.59 Å². The Morgan fingerprint density at radius 3 is 1.91 bits per heavy atom. The lowest BCUT2D eigenvalue weighted by atomic mass is 9.69. The number of hydrogen-bond acceptors (Lipinski definition) is 3. The zero-order valence-electron chi connectivity index (χ0n) is 22.8. The Kier molecular flexibility index (Phi) is 8.74. The summed E-state index contributed by atoms with van der Waals surface area (Å²) < 4.78 is 0. The van der Waals surface area contributed by atoms with Crippen molar-refractivity contribution in [3.63, 3.8) is 0 Å². The van der Waals surface area contributed by atoms with Crippen LogP contribution in [-0.2, 0) is 10.2 Å². The van der Waals surface area contributed by atoms with Gasteiger partial charge in [0.15, 0.2) is 0 Å². The largest absolute Gasteiger partial charge is 0.377 e. The van der Waals surface area contributed by atoms with Gasteiger partial charge in [-0.05, 0) is 74.9 Å². The molecular weight excluding hydrogens is 434 g/mol. The molecule has 0 aliphatic carbocycles. The van der Waals surface area contributed by atoms with Crippen molar-refractivity contribution in [1.82, 2.24) is 5.32 Å². The molecule has 0 bridgehead atoms. The van der Waals surface area contributed by atoms with E-state index in [0.29, 0.717) is 5.56 Å². The lowest BCUT2D eigenvalue weighted by Crippen LogP contribution is -2.38. The Bertz CT molecular complexity index is 1150. The van der Waals surface area contributed by atoms with Gasteiger partial charge in [-0.15, -0.1) is 0 Å². The molecule has 2 rings (SSSR count). The van der Waals surface area contributed by atoms with Crippen LogP contribution in [0.1, 0.15) is 99.5 Å². The van der Waals surface area contributed by atoms with Gasteiger partial charge in [-0.2, -0.15) is 0 Å². The lowest BCUT2D eigenvalue weighted by Gasteiger charge is -2.34. The molecule has 1 amide bonds. The van der Waals surface area contributed by atoms with Gasteiger partial charge in [0.1, 0.15) is 11.4 Å². The Labute approximate surface area is 211 Å². The highest BCUT2D eigenvalue weighted by molar-refractivity contribution is 5.97. The first-order valence-corrected chi connectivity index (χ1v) is 12.4. The number of rotatable bonds is 7. The maximum Gasteiger partial charge on any atom is 0.251 e. The summed E-state index contributed by atoms with van der Waals surface area (Å²) in [6.45, 7) is 17.6. The van der Waals surface area contributed by atoms with Crippen LogP contribution in [0.3, 0.4) is 0 Å². The van der Waals surface area contributed by atoms with Crippen LogP contribution in [0.15, 0.2) is 36.4 Å². The molecule has 35 heavy (non-hydrogen) atoms. The normalized spacial score (nSPS) is 13.4. The molecule has 0 radical (unpaired) electrons. The zero-order valence-corrected chi connectivity index (χ0v) is 22.8. The fourth-order valence-electron chi connectivity index (χ4n) is 4.23. The molecule has 4 nitrogen and oxygen atoms in total. The summed E-state index contributed by atoms with van der Waals surface area (Å²) in [5.41, 5.74) is 4.19. The quantitative estimate of drug-likeness (QED) is 0.492. The third kappa shape index (κ3) is 6.21. The number of carbonyl (C=O) groups excluding carboxylic acids is 2. The fourth-order valence-corrected chi connectivity index (χ4v) is 4.23. The van der Waals surface area contributed by atoms with Crippen molar-refractivity contribution in [1.29, 1.82) is 0 Å². The number of hydrogen-bond donors (Lipinski definition) is 2. The first kappa shape index (κ1) is 28.3. The molecule has 1 atom stereocenters. The number of nitrogens with one attached hydrogen (secondary N) is 1. The van der Waals surface area contributed by atoms with Gasteiger partial charge in [0, 0.05) is 22.0 Å². The summed E-state index contributed by atoms with van der Waals surface area (Å²) in [6, 6.07) is 12.4. The van der Waals surface area contributed by atoms with Gasteiger partial charge >= 0.3 is 0 Å². The van der Waals surface area contributed by atoms with Crippen LogP contribution in [0, 0.1) is 31.1 Å². The van der Waals surface area contributed by atoms with Gasteiger partial charge < -0.3 is 10.4 Å². The van der Waals surface area contributed by atoms with Gasteiger partial charge in [0.25, 0.3) is 5.91 Å². The third-order valence-electron chi connectivity index (χ3n) is 7.41. The first-order chi connectivity index (χ1) is 16.2. The molecule has 2 aromatic rings. The van der Waals surface area contributed by atoms with Crippen LogP contribution in [0.25, 0.3) is 0 Å². The summed E-state index contributed by atoms with van der Waals surface area (Å²) >= 11 is 0. The van der Waals surface area contributed by atoms with Gasteiger partial charge in [-0.1, -0.05) is 70.7 Å². The van der Waals surface area contributed by atoms with E-state index in [2.05, 4.69) is 56.1 Å². The standard InChI is InChI=1S/C31H41NO3/c1-10-31(11-2,26-14-15-27(22(4)19-26)28(34)32-20-23(5)33)25-13-12-24(21(3)18-25)16-17-30(9,35)29(6,7)8/h12-15,18-19,35H,10-11,20H2,1-9H3,(H,32,34). The number of ketones is 1. The second kappa shape index (κ2) is 10.8. The molecule has 0 fully saturated rings. The van der Waals surface area contributed by atoms with E-state index >= 15 is 0 Å². The lowest BCUT2D eigenvalue weighted by molar-refractivity contribution is -0.116. The summed E-state index contributed by atoms with van der Waals surface area (Å²) in [4.78, 5) is 23.8. The molecule has 2 aromatic carbocycles. The maximum atomic E-state index is 12.5. The summed E-state index contributed by atoms with van der Waals surface area (Å²) in [5.74, 6) is 5.95. The Balaban J connectivity index is 2.47. The molecule has 0 spiro atoms. The van der Waals surface area contributed by atoms with Crippen molar-refractivity contribution in [2.45, 2.75) is 86.2 Å². The molecule has 0 heterocycles. The van der Waals surface area contributed by atoms with Crippen molar-refractivity contribution < 1.29 is 14.7 Å². The molecular formula is C31H41NO3. The van der Waals surface area contributed by atoms with Gasteiger partial charge in [0.2, 0.25) is 0 Å². The van der Waals surface area contributed by atoms with Crippen LogP contribution in [0.5, 0.6) is 0 Å². The van der Waals surface area contributed by atoms with Crippen LogP contribution in [-0.4, -0.2) is 28.9 Å². The van der Waals surface area contributed by atoms with E-state index in [9.17, 15) is 14.7 Å². The second-order valence-electron chi connectivity index (χ2n) is 10.8. The topological polar surface area (TPSA) is 66.4 Å². The molecule has 4 heteroatoms. The zero-order chi connectivity index (χ0) is 26.6. The van der Waals surface area contributed by atoms with Crippen LogP contribution >= 0.6 is 0 Å². The predicted molar refractivity (Wildman–Crippen MR) is 144 cm³/mol. The van der Waals surface area contributed by atoms with Crippen LogP contribution < -0.4 is 5.32 Å². The number of Topliss-reactive ketones (excluding diaryl/α,β-unsaturated/α-hetero) is 1. The van der Waals surface area contributed by atoms with Crippen molar-refractivity contribution in [2.75, 3.05) is 6.54 Å². The second-order valence-corrected chi connectivity index (χ2v) is 10.8. The highest BCUT2D eigenvalue weighted by atomic mass is 16.3. The molecule has 0 aliphatic rings. The van der Waals surface area contributed by atoms with E-state index in [1.165, 1.54) is 12.5 Å². The number of carbonyl (C=O) groups is 2. The molecule has 0 saturated carbocycles. The van der Waals surface area contributed by atoms with Crippen molar-refractivity contribution in [3.8, 4) is 11.8 Å². The minimum absolute atomic E-state index is 0.0353. The van der Waals surface area contributed by atoms with Gasteiger partial charge in [0.05, 0.1) is 6.54 Å². The maximum absolute atomic E-state index is 12.5. The van der Waals surface area contributed by atoms with Crippen molar-refractivity contribution in [2.24, 2.45) is 5.41 Å². The number of aryl methyl sites for hydroxylation is 2. The Morgan fingerprint density at radius 2 is 1.46 bits per heavy atom. The first-order valence-electron chi connectivity index (χ1n) is 12.4. The average Bonchev–Trinajstić information content (AvgIpc) is 2.77. The molecule has 188 valence electrons. The number of amides is 1. The fraction of sp³-hybridized carbons (Fsp3) is 0.484. The van der Waals surface area contributed by atoms with Crippen molar-refractivity contribution >= 4 is 11.7 Å². The monoisotopic (exact) mass is 475 g/mol. The number of aliphatic hydroxyl groups is 1. The molecule has 0 aliphatic heterocycles. The van der Waals surface area contributed by atoms with Crippen LogP contribution in [0.4, 0.5) is 0 Å². The van der Waals surface area contributed by atoms with E-state index in [4.69, 9.17) is 0 Å². The van der Waals surface area contributed by atoms with Gasteiger partial charge in [-0.25, -0.2) is 0 Å². The van der Waals surface area contributed by atoms with E-state index in [0.717, 1.165) is 35.1 Å². The summed E-state index contributed by atoms with van der Waals surface area (Å²) in [7, 11) is 0. The van der Waals surface area contributed by atoms with E-state index < -0.39 is 5.60 Å². The minimum Gasteiger partial charge on any atom is -0.377 e.